The Morgan fingerprint density at radius 3 is 1.73 bits per heavy atom. The normalized spacial score (nSPS) is 12.2. The first-order valence-electron chi connectivity index (χ1n) is 9.23. The van der Waals surface area contributed by atoms with Crippen LogP contribution in [0.3, 0.4) is 0 Å². The molecule has 0 fully saturated rings. The Labute approximate surface area is 137 Å². The van der Waals surface area contributed by atoms with Gasteiger partial charge >= 0.3 is 5.97 Å². The van der Waals surface area contributed by atoms with Gasteiger partial charge < -0.3 is 5.11 Å². The van der Waals surface area contributed by atoms with Gasteiger partial charge in [0.15, 0.2) is 0 Å². The molecule has 128 valence electrons. The zero-order valence-electron chi connectivity index (χ0n) is 14.8. The van der Waals surface area contributed by atoms with Gasteiger partial charge in [0.1, 0.15) is 0 Å². The van der Waals surface area contributed by atoms with Gasteiger partial charge in [0, 0.05) is 5.57 Å². The highest BCUT2D eigenvalue weighted by molar-refractivity contribution is 5.85. The van der Waals surface area contributed by atoms with Crippen molar-refractivity contribution in [1.82, 2.24) is 0 Å². The third kappa shape index (κ3) is 15.3. The number of rotatable bonds is 15. The molecule has 0 aliphatic carbocycles. The molecular formula is C20H36O2. The number of allylic oxidation sites excluding steroid dienone is 3. The molecule has 0 rings (SSSR count). The summed E-state index contributed by atoms with van der Waals surface area (Å²) in [5.41, 5.74) is 0.474. The van der Waals surface area contributed by atoms with Gasteiger partial charge in [-0.3, -0.25) is 0 Å². The average molecular weight is 309 g/mol. The van der Waals surface area contributed by atoms with Gasteiger partial charge in [-0.05, 0) is 45.4 Å². The van der Waals surface area contributed by atoms with E-state index >= 15 is 0 Å². The van der Waals surface area contributed by atoms with E-state index in [0.717, 1.165) is 12.8 Å². The van der Waals surface area contributed by atoms with Crippen LogP contribution in [0.25, 0.3) is 0 Å². The van der Waals surface area contributed by atoms with E-state index < -0.39 is 5.97 Å². The van der Waals surface area contributed by atoms with Crippen molar-refractivity contribution in [3.05, 3.63) is 23.8 Å². The summed E-state index contributed by atoms with van der Waals surface area (Å²) in [7, 11) is 0. The van der Waals surface area contributed by atoms with Crippen molar-refractivity contribution in [3.8, 4) is 0 Å². The van der Waals surface area contributed by atoms with Crippen LogP contribution in [0.2, 0.25) is 0 Å². The van der Waals surface area contributed by atoms with Crippen LogP contribution >= 0.6 is 0 Å². The summed E-state index contributed by atoms with van der Waals surface area (Å²) >= 11 is 0. The first-order chi connectivity index (χ1) is 10.7. The molecule has 0 spiro atoms. The molecule has 0 bridgehead atoms. The van der Waals surface area contributed by atoms with Crippen LogP contribution < -0.4 is 0 Å². The molecule has 0 saturated carbocycles. The summed E-state index contributed by atoms with van der Waals surface area (Å²) in [6.45, 7) is 3.92. The van der Waals surface area contributed by atoms with Crippen LogP contribution in [-0.2, 0) is 4.79 Å². The highest BCUT2D eigenvalue weighted by Gasteiger charge is 1.97. The summed E-state index contributed by atoms with van der Waals surface area (Å²) in [5.74, 6) is -0.793. The first kappa shape index (κ1) is 20.9. The molecule has 0 aliphatic rings. The van der Waals surface area contributed by atoms with Crippen LogP contribution in [0.5, 0.6) is 0 Å². The molecule has 22 heavy (non-hydrogen) atoms. The number of carboxylic acid groups (broad SMARTS) is 1. The van der Waals surface area contributed by atoms with Gasteiger partial charge in [-0.1, -0.05) is 70.1 Å². The smallest absolute Gasteiger partial charge is 0.330 e. The maximum atomic E-state index is 10.6. The quantitative estimate of drug-likeness (QED) is 0.208. The Hall–Kier alpha value is -1.05. The molecule has 0 heterocycles. The van der Waals surface area contributed by atoms with Crippen LogP contribution in [0.4, 0.5) is 0 Å². The highest BCUT2D eigenvalue weighted by Crippen LogP contribution is 2.10. The fourth-order valence-electron chi connectivity index (χ4n) is 2.44. The predicted octanol–water partition coefficient (Wildman–Crippen LogP) is 6.66. The summed E-state index contributed by atoms with van der Waals surface area (Å²) in [6.07, 6.45) is 22.9. The molecule has 0 atom stereocenters. The lowest BCUT2D eigenvalue weighted by Gasteiger charge is -2.00. The fourth-order valence-corrected chi connectivity index (χ4v) is 2.44. The lowest BCUT2D eigenvalue weighted by Crippen LogP contribution is -1.95. The van der Waals surface area contributed by atoms with Gasteiger partial charge in [0.25, 0.3) is 0 Å². The topological polar surface area (TPSA) is 37.3 Å². The highest BCUT2D eigenvalue weighted by atomic mass is 16.4. The fraction of sp³-hybridized carbons (Fsp3) is 0.750. The standard InChI is InChI=1S/C20H36O2/c1-3-4-5-6-7-8-9-10-11-12-13-14-15-16-17-18-19(2)20(21)22/h8-9,18H,3-7,10-17H2,1-2H3,(H,21,22)/b9-8-,19-18?. The van der Waals surface area contributed by atoms with Crippen molar-refractivity contribution in [2.24, 2.45) is 0 Å². The van der Waals surface area contributed by atoms with Crippen molar-refractivity contribution in [2.75, 3.05) is 0 Å². The average Bonchev–Trinajstić information content (AvgIpc) is 2.50. The van der Waals surface area contributed by atoms with Crippen LogP contribution in [0, 0.1) is 0 Å². The maximum Gasteiger partial charge on any atom is 0.330 e. The van der Waals surface area contributed by atoms with Gasteiger partial charge in [-0.15, -0.1) is 0 Å². The third-order valence-corrected chi connectivity index (χ3v) is 4.00. The molecule has 0 aromatic rings. The predicted molar refractivity (Wildman–Crippen MR) is 96.2 cm³/mol. The number of hydrogen-bond acceptors (Lipinski definition) is 1. The van der Waals surface area contributed by atoms with Gasteiger partial charge in [0.05, 0.1) is 0 Å². The van der Waals surface area contributed by atoms with E-state index in [1.807, 2.05) is 6.08 Å². The van der Waals surface area contributed by atoms with Crippen molar-refractivity contribution in [3.63, 3.8) is 0 Å². The molecule has 0 radical (unpaired) electrons. The molecule has 0 aromatic heterocycles. The molecule has 2 heteroatoms. The van der Waals surface area contributed by atoms with E-state index in [2.05, 4.69) is 19.1 Å². The summed E-state index contributed by atoms with van der Waals surface area (Å²) in [6, 6.07) is 0. The van der Waals surface area contributed by atoms with Gasteiger partial charge in [-0.2, -0.15) is 0 Å². The lowest BCUT2D eigenvalue weighted by atomic mass is 10.1. The molecule has 0 amide bonds. The van der Waals surface area contributed by atoms with Crippen LogP contribution in [-0.4, -0.2) is 11.1 Å². The van der Waals surface area contributed by atoms with Crippen LogP contribution in [0.1, 0.15) is 97.3 Å². The molecule has 0 aromatic carbocycles. The Morgan fingerprint density at radius 2 is 1.23 bits per heavy atom. The number of hydrogen-bond donors (Lipinski definition) is 1. The minimum atomic E-state index is -0.793. The molecule has 0 unspecified atom stereocenters. The van der Waals surface area contributed by atoms with Crippen molar-refractivity contribution < 1.29 is 9.90 Å². The summed E-state index contributed by atoms with van der Waals surface area (Å²) in [5, 5.41) is 8.72. The van der Waals surface area contributed by atoms with E-state index in [0.29, 0.717) is 5.57 Å². The van der Waals surface area contributed by atoms with Crippen molar-refractivity contribution >= 4 is 5.97 Å². The van der Waals surface area contributed by atoms with Crippen LogP contribution in [0.15, 0.2) is 23.8 Å². The Balaban J connectivity index is 3.22. The SMILES string of the molecule is CCCCCC/C=C\CCCCCCCCC=C(C)C(=O)O. The monoisotopic (exact) mass is 308 g/mol. The number of carboxylic acids is 1. The van der Waals surface area contributed by atoms with E-state index in [-0.39, 0.29) is 0 Å². The Bertz CT molecular complexity index is 316. The summed E-state index contributed by atoms with van der Waals surface area (Å²) < 4.78 is 0. The van der Waals surface area contributed by atoms with Gasteiger partial charge in [-0.25, -0.2) is 4.79 Å². The number of unbranched alkanes of at least 4 members (excludes halogenated alkanes) is 11. The lowest BCUT2D eigenvalue weighted by molar-refractivity contribution is -0.132. The second-order valence-electron chi connectivity index (χ2n) is 6.21. The van der Waals surface area contributed by atoms with Crippen molar-refractivity contribution in [1.29, 1.82) is 0 Å². The second-order valence-corrected chi connectivity index (χ2v) is 6.21. The zero-order valence-corrected chi connectivity index (χ0v) is 14.8. The second kappa shape index (κ2) is 16.3. The number of carbonyl (C=O) groups is 1. The zero-order chi connectivity index (χ0) is 16.5. The molecule has 2 nitrogen and oxygen atoms in total. The van der Waals surface area contributed by atoms with Crippen molar-refractivity contribution in [2.45, 2.75) is 97.3 Å². The Morgan fingerprint density at radius 1 is 0.773 bits per heavy atom. The van der Waals surface area contributed by atoms with E-state index in [9.17, 15) is 4.79 Å². The number of aliphatic carboxylic acids is 1. The Kier molecular flexibility index (Phi) is 15.5. The van der Waals surface area contributed by atoms with E-state index in [1.54, 1.807) is 6.92 Å². The van der Waals surface area contributed by atoms with E-state index in [4.69, 9.17) is 5.11 Å². The molecule has 1 N–H and O–H groups in total. The van der Waals surface area contributed by atoms with E-state index in [1.165, 1.54) is 70.6 Å². The summed E-state index contributed by atoms with van der Waals surface area (Å²) in [4.78, 5) is 10.6. The largest absolute Gasteiger partial charge is 0.478 e. The minimum Gasteiger partial charge on any atom is -0.478 e. The maximum absolute atomic E-state index is 10.6. The van der Waals surface area contributed by atoms with Gasteiger partial charge in [0.2, 0.25) is 0 Å². The molecule has 0 aliphatic heterocycles. The molecular weight excluding hydrogens is 272 g/mol. The first-order valence-corrected chi connectivity index (χ1v) is 9.23. The molecule has 0 saturated heterocycles. The third-order valence-electron chi connectivity index (χ3n) is 4.00. The minimum absolute atomic E-state index is 0.474.